The van der Waals surface area contributed by atoms with Crippen molar-refractivity contribution in [2.75, 3.05) is 6.61 Å². The molecule has 1 aromatic carbocycles. The van der Waals surface area contributed by atoms with E-state index in [9.17, 15) is 19.5 Å². The first kappa shape index (κ1) is 15.0. The van der Waals surface area contributed by atoms with Gasteiger partial charge in [0.15, 0.2) is 0 Å². The molecule has 7 nitrogen and oxygen atoms in total. The molecule has 0 aromatic heterocycles. The zero-order valence-corrected chi connectivity index (χ0v) is 11.5. The van der Waals surface area contributed by atoms with Crippen molar-refractivity contribution >= 4 is 17.8 Å². The minimum atomic E-state index is -1.36. The summed E-state index contributed by atoms with van der Waals surface area (Å²) in [6, 6.07) is 7.73. The average molecular weight is 292 g/mol. The Hall–Kier alpha value is -2.41. The number of carboxylic acid groups (broad SMARTS) is 1. The van der Waals surface area contributed by atoms with Crippen molar-refractivity contribution in [2.45, 2.75) is 24.8 Å². The van der Waals surface area contributed by atoms with E-state index in [-0.39, 0.29) is 13.0 Å². The average Bonchev–Trinajstić information content (AvgIpc) is 2.84. The Balaban J connectivity index is 2.11. The molecule has 21 heavy (non-hydrogen) atoms. The topological polar surface area (TPSA) is 105 Å². The summed E-state index contributed by atoms with van der Waals surface area (Å²) in [5.74, 6) is -2.06. The normalized spacial score (nSPS) is 20.4. The van der Waals surface area contributed by atoms with E-state index in [4.69, 9.17) is 4.84 Å². The molecule has 0 bridgehead atoms. The van der Waals surface area contributed by atoms with Crippen LogP contribution in [0.1, 0.15) is 18.9 Å². The smallest absolute Gasteiger partial charge is 0.314 e. The Labute approximate surface area is 121 Å². The van der Waals surface area contributed by atoms with Crippen LogP contribution in [0.5, 0.6) is 0 Å². The first-order chi connectivity index (χ1) is 9.93. The lowest BCUT2D eigenvalue weighted by Crippen LogP contribution is -2.45. The minimum absolute atomic E-state index is 0.0275. The van der Waals surface area contributed by atoms with Gasteiger partial charge in [-0.15, -0.1) is 0 Å². The van der Waals surface area contributed by atoms with Gasteiger partial charge < -0.3 is 10.4 Å². The Bertz CT molecular complexity index is 560. The third-order valence-electron chi connectivity index (χ3n) is 3.47. The predicted octanol–water partition coefficient (Wildman–Crippen LogP) is -0.0348. The van der Waals surface area contributed by atoms with Crippen molar-refractivity contribution in [2.24, 2.45) is 0 Å². The van der Waals surface area contributed by atoms with Crippen molar-refractivity contribution in [3.8, 4) is 0 Å². The van der Waals surface area contributed by atoms with E-state index in [0.29, 0.717) is 5.56 Å². The number of carbonyl (C=O) groups excluding carboxylic acids is 2. The predicted molar refractivity (Wildman–Crippen MR) is 72.1 cm³/mol. The zero-order chi connectivity index (χ0) is 15.5. The largest absolute Gasteiger partial charge is 0.481 e. The number of carboxylic acids is 1. The van der Waals surface area contributed by atoms with Gasteiger partial charge in [-0.2, -0.15) is 0 Å². The highest BCUT2D eigenvalue weighted by Crippen LogP contribution is 2.28. The van der Waals surface area contributed by atoms with Crippen LogP contribution in [0.2, 0.25) is 0 Å². The maximum atomic E-state index is 12.0. The quantitative estimate of drug-likeness (QED) is 0.706. The molecule has 1 aliphatic heterocycles. The van der Waals surface area contributed by atoms with Crippen molar-refractivity contribution < 1.29 is 24.3 Å². The van der Waals surface area contributed by atoms with Gasteiger partial charge in [-0.05, 0) is 12.5 Å². The van der Waals surface area contributed by atoms with Gasteiger partial charge in [0, 0.05) is 6.42 Å². The molecule has 1 heterocycles. The van der Waals surface area contributed by atoms with Gasteiger partial charge in [-0.25, -0.2) is 5.48 Å². The van der Waals surface area contributed by atoms with Crippen LogP contribution in [0.25, 0.3) is 0 Å². The first-order valence-corrected chi connectivity index (χ1v) is 6.43. The number of amides is 2. The fourth-order valence-corrected chi connectivity index (χ4v) is 2.12. The monoisotopic (exact) mass is 292 g/mol. The molecule has 0 aliphatic carbocycles. The highest BCUT2D eigenvalue weighted by Gasteiger charge is 2.38. The van der Waals surface area contributed by atoms with E-state index >= 15 is 0 Å². The van der Waals surface area contributed by atoms with Crippen molar-refractivity contribution in [3.05, 3.63) is 35.9 Å². The Morgan fingerprint density at radius 2 is 2.10 bits per heavy atom. The summed E-state index contributed by atoms with van der Waals surface area (Å²) in [5, 5.41) is 11.9. The maximum absolute atomic E-state index is 12.0. The van der Waals surface area contributed by atoms with Gasteiger partial charge in [0.2, 0.25) is 5.91 Å². The lowest BCUT2D eigenvalue weighted by Gasteiger charge is -2.25. The van der Waals surface area contributed by atoms with Crippen LogP contribution in [0.15, 0.2) is 30.3 Å². The summed E-state index contributed by atoms with van der Waals surface area (Å²) < 4.78 is 0. The molecule has 1 aromatic rings. The van der Waals surface area contributed by atoms with Crippen molar-refractivity contribution in [1.82, 2.24) is 10.8 Å². The standard InChI is InChI=1S/C14H16N2O5/c1-14(13(19)20,9-5-3-2-4-6-9)7-11(17)15-10-8-21-16-12(10)18/h2-6,10H,7-8H2,1H3,(H,15,17)(H,16,18)(H,19,20)/t10-,14?/m1/s1. The number of hydrogen-bond acceptors (Lipinski definition) is 4. The molecule has 3 N–H and O–H groups in total. The number of rotatable bonds is 5. The van der Waals surface area contributed by atoms with E-state index in [2.05, 4.69) is 10.8 Å². The molecule has 1 aliphatic rings. The molecule has 112 valence electrons. The molecule has 0 saturated carbocycles. The van der Waals surface area contributed by atoms with Gasteiger partial charge in [-0.1, -0.05) is 30.3 Å². The number of hydroxylamine groups is 1. The van der Waals surface area contributed by atoms with Crippen LogP contribution in [0.3, 0.4) is 0 Å². The second-order valence-electron chi connectivity index (χ2n) is 5.08. The van der Waals surface area contributed by atoms with Gasteiger partial charge >= 0.3 is 5.97 Å². The van der Waals surface area contributed by atoms with E-state index in [1.54, 1.807) is 30.3 Å². The Morgan fingerprint density at radius 3 is 2.62 bits per heavy atom. The molecule has 2 atom stereocenters. The Morgan fingerprint density at radius 1 is 1.43 bits per heavy atom. The Kier molecular flexibility index (Phi) is 4.23. The highest BCUT2D eigenvalue weighted by molar-refractivity contribution is 5.92. The molecule has 7 heteroatoms. The third-order valence-corrected chi connectivity index (χ3v) is 3.47. The molecule has 2 amide bonds. The minimum Gasteiger partial charge on any atom is -0.481 e. The van der Waals surface area contributed by atoms with Crippen molar-refractivity contribution in [1.29, 1.82) is 0 Å². The molecule has 2 rings (SSSR count). The van der Waals surface area contributed by atoms with E-state index in [1.165, 1.54) is 6.92 Å². The van der Waals surface area contributed by atoms with E-state index in [1.807, 2.05) is 0 Å². The molecule has 1 unspecified atom stereocenters. The molecule has 1 saturated heterocycles. The SMILES string of the molecule is CC(CC(=O)N[C@@H]1CONC1=O)(C(=O)O)c1ccccc1. The van der Waals surface area contributed by atoms with Gasteiger partial charge in [0.25, 0.3) is 5.91 Å². The lowest BCUT2D eigenvalue weighted by molar-refractivity contribution is -0.145. The lowest BCUT2D eigenvalue weighted by atomic mass is 9.79. The molecular weight excluding hydrogens is 276 g/mol. The van der Waals surface area contributed by atoms with E-state index in [0.717, 1.165) is 0 Å². The summed E-state index contributed by atoms with van der Waals surface area (Å²) >= 11 is 0. The highest BCUT2D eigenvalue weighted by atomic mass is 16.7. The van der Waals surface area contributed by atoms with Crippen LogP contribution in [0.4, 0.5) is 0 Å². The fraction of sp³-hybridized carbons (Fsp3) is 0.357. The first-order valence-electron chi connectivity index (χ1n) is 6.43. The van der Waals surface area contributed by atoms with Gasteiger partial charge in [0.1, 0.15) is 12.6 Å². The summed E-state index contributed by atoms with van der Waals surface area (Å²) in [5.41, 5.74) is 1.29. The second-order valence-corrected chi connectivity index (χ2v) is 5.08. The second kappa shape index (κ2) is 5.92. The number of hydrogen-bond donors (Lipinski definition) is 3. The maximum Gasteiger partial charge on any atom is 0.314 e. The van der Waals surface area contributed by atoms with Gasteiger partial charge in [0.05, 0.1) is 5.41 Å². The molecule has 0 spiro atoms. The van der Waals surface area contributed by atoms with Crippen LogP contribution < -0.4 is 10.8 Å². The molecular formula is C14H16N2O5. The van der Waals surface area contributed by atoms with Crippen LogP contribution in [-0.2, 0) is 24.6 Å². The van der Waals surface area contributed by atoms with Crippen molar-refractivity contribution in [3.63, 3.8) is 0 Å². The van der Waals surface area contributed by atoms with Gasteiger partial charge in [-0.3, -0.25) is 19.2 Å². The number of carbonyl (C=O) groups is 3. The zero-order valence-electron chi connectivity index (χ0n) is 11.5. The van der Waals surface area contributed by atoms with Crippen LogP contribution in [-0.4, -0.2) is 35.5 Å². The fourth-order valence-electron chi connectivity index (χ4n) is 2.12. The van der Waals surface area contributed by atoms with Crippen LogP contribution >= 0.6 is 0 Å². The summed E-state index contributed by atoms with van der Waals surface area (Å²) in [4.78, 5) is 39.6. The van der Waals surface area contributed by atoms with E-state index < -0.39 is 29.2 Å². The number of nitrogens with one attached hydrogen (secondary N) is 2. The van der Waals surface area contributed by atoms with Crippen LogP contribution in [0, 0.1) is 0 Å². The molecule has 1 fully saturated rings. The molecule has 0 radical (unpaired) electrons. The number of aliphatic carboxylic acids is 1. The number of benzene rings is 1. The summed E-state index contributed by atoms with van der Waals surface area (Å²) in [6.07, 6.45) is -0.268. The summed E-state index contributed by atoms with van der Waals surface area (Å²) in [6.45, 7) is 1.51. The summed E-state index contributed by atoms with van der Waals surface area (Å²) in [7, 11) is 0. The third kappa shape index (κ3) is 3.19.